The van der Waals surface area contributed by atoms with Gasteiger partial charge in [0.05, 0.1) is 0 Å². The molecule has 0 saturated carbocycles. The van der Waals surface area contributed by atoms with Crippen molar-refractivity contribution >= 4 is 6.29 Å². The van der Waals surface area contributed by atoms with Gasteiger partial charge in [-0.25, -0.2) is 0 Å². The Hall–Kier alpha value is -1.89. The van der Waals surface area contributed by atoms with E-state index in [1.165, 1.54) is 5.56 Å². The van der Waals surface area contributed by atoms with Crippen molar-refractivity contribution in [2.75, 3.05) is 0 Å². The third-order valence-corrected chi connectivity index (χ3v) is 2.35. The highest BCUT2D eigenvalue weighted by atomic mass is 16.1. The van der Waals surface area contributed by atoms with Crippen molar-refractivity contribution in [1.82, 2.24) is 0 Å². The Kier molecular flexibility index (Phi) is 2.93. The maximum absolute atomic E-state index is 10.4. The number of hydrogen-bond donors (Lipinski definition) is 0. The van der Waals surface area contributed by atoms with Gasteiger partial charge in [-0.15, -0.1) is 0 Å². The Balaban J connectivity index is 2.37. The van der Waals surface area contributed by atoms with E-state index in [4.69, 9.17) is 0 Å². The first-order chi connectivity index (χ1) is 7.40. The molecule has 0 heterocycles. The molecule has 2 aromatic rings. The third kappa shape index (κ3) is 2.32. The number of hydrogen-bond acceptors (Lipinski definition) is 1. The molecule has 1 heteroatoms. The summed E-state index contributed by atoms with van der Waals surface area (Å²) in [4.78, 5) is 10.4. The van der Waals surface area contributed by atoms with Gasteiger partial charge >= 0.3 is 0 Å². The van der Waals surface area contributed by atoms with Crippen LogP contribution in [0.25, 0.3) is 11.1 Å². The molecule has 0 bridgehead atoms. The molecule has 2 rings (SSSR count). The van der Waals surface area contributed by atoms with Gasteiger partial charge < -0.3 is 4.79 Å². The van der Waals surface area contributed by atoms with E-state index >= 15 is 0 Å². The Bertz CT molecular complexity index is 446. The van der Waals surface area contributed by atoms with E-state index in [1.54, 1.807) is 0 Å². The van der Waals surface area contributed by atoms with Crippen molar-refractivity contribution in [2.45, 2.75) is 6.42 Å². The first-order valence-corrected chi connectivity index (χ1v) is 4.98. The van der Waals surface area contributed by atoms with Crippen LogP contribution in [0.5, 0.6) is 0 Å². The van der Waals surface area contributed by atoms with Gasteiger partial charge in [0, 0.05) is 6.42 Å². The highest BCUT2D eigenvalue weighted by Crippen LogP contribution is 2.19. The Morgan fingerprint density at radius 2 is 1.60 bits per heavy atom. The van der Waals surface area contributed by atoms with Crippen molar-refractivity contribution in [3.63, 3.8) is 0 Å². The van der Waals surface area contributed by atoms with Gasteiger partial charge in [-0.2, -0.15) is 0 Å². The van der Waals surface area contributed by atoms with Crippen LogP contribution in [0.1, 0.15) is 5.56 Å². The van der Waals surface area contributed by atoms with E-state index in [2.05, 4.69) is 24.3 Å². The summed E-state index contributed by atoms with van der Waals surface area (Å²) < 4.78 is 0. The molecule has 0 atom stereocenters. The van der Waals surface area contributed by atoms with Crippen LogP contribution in [-0.4, -0.2) is 6.29 Å². The second-order valence-electron chi connectivity index (χ2n) is 3.44. The molecule has 0 fully saturated rings. The molecule has 74 valence electrons. The quantitative estimate of drug-likeness (QED) is 0.689. The minimum Gasteiger partial charge on any atom is -0.303 e. The summed E-state index contributed by atoms with van der Waals surface area (Å²) in [6, 6.07) is 18.2. The molecule has 0 aliphatic rings. The van der Waals surface area contributed by atoms with Crippen molar-refractivity contribution in [3.05, 3.63) is 60.2 Å². The molecule has 0 saturated heterocycles. The van der Waals surface area contributed by atoms with Crippen LogP contribution in [0.3, 0.4) is 0 Å². The fraction of sp³-hybridized carbons (Fsp3) is 0.0714. The molecule has 2 aromatic carbocycles. The molecule has 0 spiro atoms. The van der Waals surface area contributed by atoms with E-state index in [9.17, 15) is 4.79 Å². The van der Waals surface area contributed by atoms with E-state index in [0.717, 1.165) is 17.4 Å². The Morgan fingerprint density at radius 1 is 0.867 bits per heavy atom. The van der Waals surface area contributed by atoms with Crippen molar-refractivity contribution in [1.29, 1.82) is 0 Å². The molecule has 15 heavy (non-hydrogen) atoms. The summed E-state index contributed by atoms with van der Waals surface area (Å²) >= 11 is 0. The van der Waals surface area contributed by atoms with Gasteiger partial charge in [-0.1, -0.05) is 54.6 Å². The monoisotopic (exact) mass is 196 g/mol. The predicted octanol–water partition coefficient (Wildman–Crippen LogP) is 3.10. The molecule has 0 aliphatic heterocycles. The zero-order chi connectivity index (χ0) is 10.5. The van der Waals surface area contributed by atoms with Crippen LogP contribution in [0.2, 0.25) is 0 Å². The normalized spacial score (nSPS) is 9.87. The SMILES string of the molecule is O=CCc1cccc(-c2ccccc2)c1. The number of rotatable bonds is 3. The lowest BCUT2D eigenvalue weighted by Gasteiger charge is -2.02. The first kappa shape index (κ1) is 9.66. The van der Waals surface area contributed by atoms with E-state index in [1.807, 2.05) is 30.3 Å². The van der Waals surface area contributed by atoms with Crippen LogP contribution >= 0.6 is 0 Å². The second-order valence-corrected chi connectivity index (χ2v) is 3.44. The number of aldehydes is 1. The Labute approximate surface area is 89.4 Å². The number of carbonyl (C=O) groups excluding carboxylic acids is 1. The molecule has 0 unspecified atom stereocenters. The van der Waals surface area contributed by atoms with E-state index in [0.29, 0.717) is 6.42 Å². The average Bonchev–Trinajstić information content (AvgIpc) is 2.31. The molecule has 0 aliphatic carbocycles. The third-order valence-electron chi connectivity index (χ3n) is 2.35. The zero-order valence-corrected chi connectivity index (χ0v) is 8.39. The number of benzene rings is 2. The summed E-state index contributed by atoms with van der Waals surface area (Å²) in [5.74, 6) is 0. The van der Waals surface area contributed by atoms with Crippen LogP contribution in [0.4, 0.5) is 0 Å². The lowest BCUT2D eigenvalue weighted by molar-refractivity contribution is -0.107. The maximum Gasteiger partial charge on any atom is 0.124 e. The van der Waals surface area contributed by atoms with Crippen molar-refractivity contribution in [2.24, 2.45) is 0 Å². The smallest absolute Gasteiger partial charge is 0.124 e. The lowest BCUT2D eigenvalue weighted by Crippen LogP contribution is -1.86. The zero-order valence-electron chi connectivity index (χ0n) is 8.39. The van der Waals surface area contributed by atoms with E-state index < -0.39 is 0 Å². The number of carbonyl (C=O) groups is 1. The van der Waals surface area contributed by atoms with Gasteiger partial charge in [0.2, 0.25) is 0 Å². The minimum absolute atomic E-state index is 0.487. The van der Waals surface area contributed by atoms with E-state index in [-0.39, 0.29) is 0 Å². The summed E-state index contributed by atoms with van der Waals surface area (Å²) in [6.45, 7) is 0. The average molecular weight is 196 g/mol. The molecule has 0 radical (unpaired) electrons. The largest absolute Gasteiger partial charge is 0.303 e. The fourth-order valence-electron chi connectivity index (χ4n) is 1.60. The first-order valence-electron chi connectivity index (χ1n) is 4.98. The van der Waals surface area contributed by atoms with Crippen LogP contribution in [0, 0.1) is 0 Å². The summed E-state index contributed by atoms with van der Waals surface area (Å²) in [5.41, 5.74) is 3.41. The van der Waals surface area contributed by atoms with Gasteiger partial charge in [0.25, 0.3) is 0 Å². The lowest BCUT2D eigenvalue weighted by atomic mass is 10.0. The molecule has 1 nitrogen and oxygen atoms in total. The molecule has 0 amide bonds. The van der Waals surface area contributed by atoms with Crippen LogP contribution in [0.15, 0.2) is 54.6 Å². The van der Waals surface area contributed by atoms with Crippen LogP contribution in [-0.2, 0) is 11.2 Å². The summed E-state index contributed by atoms with van der Waals surface area (Å²) in [5, 5.41) is 0. The highest BCUT2D eigenvalue weighted by Gasteiger charge is 1.97. The minimum atomic E-state index is 0.487. The standard InChI is InChI=1S/C14H12O/c15-10-9-12-5-4-8-14(11-12)13-6-2-1-3-7-13/h1-8,10-11H,9H2. The van der Waals surface area contributed by atoms with Crippen molar-refractivity contribution < 1.29 is 4.79 Å². The topological polar surface area (TPSA) is 17.1 Å². The highest BCUT2D eigenvalue weighted by molar-refractivity contribution is 5.65. The van der Waals surface area contributed by atoms with Gasteiger partial charge in [0.1, 0.15) is 6.29 Å². The summed E-state index contributed by atoms with van der Waals surface area (Å²) in [7, 11) is 0. The maximum atomic E-state index is 10.4. The molecular weight excluding hydrogens is 184 g/mol. The molecule has 0 N–H and O–H groups in total. The van der Waals surface area contributed by atoms with Crippen molar-refractivity contribution in [3.8, 4) is 11.1 Å². The predicted molar refractivity (Wildman–Crippen MR) is 61.6 cm³/mol. The fourth-order valence-corrected chi connectivity index (χ4v) is 1.60. The van der Waals surface area contributed by atoms with Gasteiger partial charge in [-0.05, 0) is 16.7 Å². The van der Waals surface area contributed by atoms with Gasteiger partial charge in [0.15, 0.2) is 0 Å². The van der Waals surface area contributed by atoms with Gasteiger partial charge in [-0.3, -0.25) is 0 Å². The molecule has 0 aromatic heterocycles. The Morgan fingerprint density at radius 3 is 2.33 bits per heavy atom. The second kappa shape index (κ2) is 4.56. The summed E-state index contributed by atoms with van der Waals surface area (Å²) in [6.07, 6.45) is 1.42. The molecular formula is C14H12O. The van der Waals surface area contributed by atoms with Crippen LogP contribution < -0.4 is 0 Å².